The molecule has 1 heterocycles. The number of carbonyl (C=O) groups is 2. The number of ether oxygens (including phenoxy) is 1. The number of amides is 3. The summed E-state index contributed by atoms with van der Waals surface area (Å²) in [6.07, 6.45) is -0.546. The molecule has 6 nitrogen and oxygen atoms in total. The normalized spacial score (nSPS) is 15.6. The second-order valence-electron chi connectivity index (χ2n) is 7.22. The van der Waals surface area contributed by atoms with E-state index in [9.17, 15) is 9.59 Å². The number of hydrogen-bond acceptors (Lipinski definition) is 3. The lowest BCUT2D eigenvalue weighted by Crippen LogP contribution is -2.55. The molecule has 0 N–H and O–H groups in total. The van der Waals surface area contributed by atoms with Crippen molar-refractivity contribution in [3.8, 4) is 5.75 Å². The van der Waals surface area contributed by atoms with Crippen molar-refractivity contribution in [1.82, 2.24) is 14.7 Å². The van der Waals surface area contributed by atoms with Crippen LogP contribution in [0.3, 0.4) is 0 Å². The maximum absolute atomic E-state index is 12.8. The number of piperazine rings is 1. The number of benzene rings is 1. The summed E-state index contributed by atoms with van der Waals surface area (Å²) in [5, 5.41) is 0. The molecule has 0 saturated carbocycles. The fraction of sp³-hybridized carbons (Fsp3) is 0.619. The van der Waals surface area contributed by atoms with E-state index in [4.69, 9.17) is 4.74 Å². The van der Waals surface area contributed by atoms with E-state index in [2.05, 4.69) is 13.8 Å². The molecule has 1 aliphatic heterocycles. The van der Waals surface area contributed by atoms with Gasteiger partial charge in [-0.25, -0.2) is 4.79 Å². The first-order valence-corrected chi connectivity index (χ1v) is 9.97. The van der Waals surface area contributed by atoms with Crippen molar-refractivity contribution >= 4 is 11.9 Å². The first-order chi connectivity index (χ1) is 12.9. The zero-order valence-electron chi connectivity index (χ0n) is 17.3. The van der Waals surface area contributed by atoms with E-state index in [1.54, 1.807) is 11.8 Å². The van der Waals surface area contributed by atoms with Crippen molar-refractivity contribution in [1.29, 1.82) is 0 Å². The summed E-state index contributed by atoms with van der Waals surface area (Å²) in [5.41, 5.74) is 1.10. The van der Waals surface area contributed by atoms with Gasteiger partial charge in [0, 0.05) is 39.3 Å². The maximum atomic E-state index is 12.8. The smallest absolute Gasteiger partial charge is 0.320 e. The van der Waals surface area contributed by atoms with E-state index in [0.29, 0.717) is 45.2 Å². The largest absolute Gasteiger partial charge is 0.481 e. The average molecular weight is 376 g/mol. The Morgan fingerprint density at radius 1 is 1.00 bits per heavy atom. The molecule has 1 unspecified atom stereocenters. The number of rotatable bonds is 6. The quantitative estimate of drug-likeness (QED) is 0.767. The maximum Gasteiger partial charge on any atom is 0.320 e. The van der Waals surface area contributed by atoms with Crippen molar-refractivity contribution in [3.63, 3.8) is 0 Å². The van der Waals surface area contributed by atoms with Gasteiger partial charge in [-0.1, -0.05) is 32.0 Å². The topological polar surface area (TPSA) is 53.1 Å². The van der Waals surface area contributed by atoms with Crippen molar-refractivity contribution in [3.05, 3.63) is 29.8 Å². The molecule has 2 rings (SSSR count). The summed E-state index contributed by atoms with van der Waals surface area (Å²) in [6, 6.07) is 7.92. The van der Waals surface area contributed by atoms with E-state index >= 15 is 0 Å². The molecule has 6 heteroatoms. The highest BCUT2D eigenvalue weighted by Crippen LogP contribution is 2.27. The van der Waals surface area contributed by atoms with Gasteiger partial charge in [-0.2, -0.15) is 0 Å². The highest BCUT2D eigenvalue weighted by atomic mass is 16.5. The molecule has 1 fully saturated rings. The molecule has 1 aliphatic rings. The van der Waals surface area contributed by atoms with Gasteiger partial charge < -0.3 is 19.4 Å². The molecule has 0 aromatic heterocycles. The Morgan fingerprint density at radius 2 is 1.56 bits per heavy atom. The van der Waals surface area contributed by atoms with Gasteiger partial charge in [0.25, 0.3) is 5.91 Å². The minimum atomic E-state index is -0.546. The molecule has 0 bridgehead atoms. The van der Waals surface area contributed by atoms with Gasteiger partial charge in [-0.15, -0.1) is 0 Å². The Labute approximate surface area is 163 Å². The standard InChI is InChI=1S/C21H33N3O3/c1-6-22(7-2)21(26)24-14-12-23(13-15-24)20(25)17(5)27-19-11-9-8-10-18(19)16(3)4/h8-11,16-17H,6-7,12-15H2,1-5H3. The van der Waals surface area contributed by atoms with Gasteiger partial charge in [0.15, 0.2) is 6.10 Å². The predicted molar refractivity (Wildman–Crippen MR) is 107 cm³/mol. The molecule has 0 spiro atoms. The Morgan fingerprint density at radius 3 is 2.11 bits per heavy atom. The summed E-state index contributed by atoms with van der Waals surface area (Å²) < 4.78 is 5.99. The van der Waals surface area contributed by atoms with E-state index in [-0.39, 0.29) is 11.9 Å². The number of hydrogen-bond donors (Lipinski definition) is 0. The lowest BCUT2D eigenvalue weighted by atomic mass is 10.0. The van der Waals surface area contributed by atoms with Gasteiger partial charge in [-0.3, -0.25) is 4.79 Å². The number of urea groups is 1. The molecule has 0 aliphatic carbocycles. The summed E-state index contributed by atoms with van der Waals surface area (Å²) >= 11 is 0. The van der Waals surface area contributed by atoms with Gasteiger partial charge >= 0.3 is 6.03 Å². The van der Waals surface area contributed by atoms with Gasteiger partial charge in [0.05, 0.1) is 0 Å². The van der Waals surface area contributed by atoms with Crippen LogP contribution in [0, 0.1) is 0 Å². The molecule has 1 atom stereocenters. The number of para-hydroxylation sites is 1. The van der Waals surface area contributed by atoms with Crippen LogP contribution in [0.4, 0.5) is 4.79 Å². The van der Waals surface area contributed by atoms with Crippen LogP contribution in [0.25, 0.3) is 0 Å². The zero-order valence-corrected chi connectivity index (χ0v) is 17.3. The van der Waals surface area contributed by atoms with Crippen LogP contribution in [0.5, 0.6) is 5.75 Å². The van der Waals surface area contributed by atoms with E-state index in [1.165, 1.54) is 0 Å². The zero-order chi connectivity index (χ0) is 20.0. The van der Waals surface area contributed by atoms with E-state index < -0.39 is 6.10 Å². The third-order valence-corrected chi connectivity index (χ3v) is 5.09. The Balaban J connectivity index is 1.93. The van der Waals surface area contributed by atoms with Crippen LogP contribution < -0.4 is 4.74 Å². The lowest BCUT2D eigenvalue weighted by Gasteiger charge is -2.38. The van der Waals surface area contributed by atoms with Crippen molar-refractivity contribution in [2.24, 2.45) is 0 Å². The van der Waals surface area contributed by atoms with Crippen LogP contribution in [-0.2, 0) is 4.79 Å². The molecule has 1 aromatic carbocycles. The monoisotopic (exact) mass is 375 g/mol. The first-order valence-electron chi connectivity index (χ1n) is 9.97. The molecular weight excluding hydrogens is 342 g/mol. The molecule has 27 heavy (non-hydrogen) atoms. The lowest BCUT2D eigenvalue weighted by molar-refractivity contribution is -0.139. The molecule has 1 aromatic rings. The van der Waals surface area contributed by atoms with Crippen molar-refractivity contribution < 1.29 is 14.3 Å². The van der Waals surface area contributed by atoms with Crippen LogP contribution >= 0.6 is 0 Å². The molecule has 0 radical (unpaired) electrons. The third kappa shape index (κ3) is 5.15. The van der Waals surface area contributed by atoms with Gasteiger partial charge in [-0.05, 0) is 38.3 Å². The van der Waals surface area contributed by atoms with E-state index in [1.807, 2.05) is 47.9 Å². The first kappa shape index (κ1) is 21.1. The summed E-state index contributed by atoms with van der Waals surface area (Å²) in [6.45, 7) is 13.6. The summed E-state index contributed by atoms with van der Waals surface area (Å²) in [5.74, 6) is 1.07. The molecule has 150 valence electrons. The molecule has 1 saturated heterocycles. The van der Waals surface area contributed by atoms with Crippen LogP contribution in [-0.4, -0.2) is 72.0 Å². The fourth-order valence-corrected chi connectivity index (χ4v) is 3.38. The minimum absolute atomic E-state index is 0.0245. The van der Waals surface area contributed by atoms with Crippen molar-refractivity contribution in [2.75, 3.05) is 39.3 Å². The molecule has 3 amide bonds. The Bertz CT molecular complexity index is 635. The number of nitrogens with zero attached hydrogens (tertiary/aromatic N) is 3. The SMILES string of the molecule is CCN(CC)C(=O)N1CCN(C(=O)C(C)Oc2ccccc2C(C)C)CC1. The summed E-state index contributed by atoms with van der Waals surface area (Å²) in [7, 11) is 0. The Kier molecular flexibility index (Phi) is 7.51. The van der Waals surface area contributed by atoms with Crippen LogP contribution in [0.2, 0.25) is 0 Å². The fourth-order valence-electron chi connectivity index (χ4n) is 3.38. The third-order valence-electron chi connectivity index (χ3n) is 5.09. The second-order valence-corrected chi connectivity index (χ2v) is 7.22. The van der Waals surface area contributed by atoms with Crippen LogP contribution in [0.1, 0.15) is 46.1 Å². The molecular formula is C21H33N3O3. The second kappa shape index (κ2) is 9.62. The summed E-state index contributed by atoms with van der Waals surface area (Å²) in [4.78, 5) is 30.7. The predicted octanol–water partition coefficient (Wildman–Crippen LogP) is 3.18. The minimum Gasteiger partial charge on any atom is -0.481 e. The van der Waals surface area contributed by atoms with E-state index in [0.717, 1.165) is 11.3 Å². The highest BCUT2D eigenvalue weighted by Gasteiger charge is 2.29. The van der Waals surface area contributed by atoms with Gasteiger partial charge in [0.2, 0.25) is 0 Å². The Hall–Kier alpha value is -2.24. The highest BCUT2D eigenvalue weighted by molar-refractivity contribution is 5.81. The van der Waals surface area contributed by atoms with Crippen LogP contribution in [0.15, 0.2) is 24.3 Å². The van der Waals surface area contributed by atoms with Gasteiger partial charge in [0.1, 0.15) is 5.75 Å². The number of carbonyl (C=O) groups excluding carboxylic acids is 2. The van der Waals surface area contributed by atoms with Crippen molar-refractivity contribution in [2.45, 2.75) is 46.6 Å². The average Bonchev–Trinajstić information content (AvgIpc) is 2.68.